The van der Waals surface area contributed by atoms with Gasteiger partial charge in [-0.3, -0.25) is 0 Å². The van der Waals surface area contributed by atoms with Crippen molar-refractivity contribution in [2.75, 3.05) is 12.8 Å². The Labute approximate surface area is 120 Å². The van der Waals surface area contributed by atoms with Gasteiger partial charge in [-0.15, -0.1) is 0 Å². The SMILES string of the molecule is CCC1CCC(C(NC)c2cc(Cl)cnc2N)CC1. The van der Waals surface area contributed by atoms with Crippen molar-refractivity contribution in [1.82, 2.24) is 10.3 Å². The third kappa shape index (κ3) is 3.40. The highest BCUT2D eigenvalue weighted by Crippen LogP contribution is 2.39. The van der Waals surface area contributed by atoms with Crippen molar-refractivity contribution < 1.29 is 0 Å². The van der Waals surface area contributed by atoms with Crippen LogP contribution in [0.5, 0.6) is 0 Å². The Balaban J connectivity index is 2.14. The molecule has 1 fully saturated rings. The maximum atomic E-state index is 6.06. The first kappa shape index (κ1) is 14.6. The van der Waals surface area contributed by atoms with E-state index in [-0.39, 0.29) is 6.04 Å². The molecule has 0 amide bonds. The van der Waals surface area contributed by atoms with Gasteiger partial charge in [0, 0.05) is 17.8 Å². The van der Waals surface area contributed by atoms with Crippen LogP contribution in [-0.2, 0) is 0 Å². The second-order valence-electron chi connectivity index (χ2n) is 5.58. The van der Waals surface area contributed by atoms with Crippen LogP contribution in [0.4, 0.5) is 5.82 Å². The molecule has 0 spiro atoms. The number of rotatable bonds is 4. The number of pyridine rings is 1. The van der Waals surface area contributed by atoms with Crippen LogP contribution >= 0.6 is 11.6 Å². The Morgan fingerprint density at radius 2 is 2.11 bits per heavy atom. The molecule has 2 rings (SSSR count). The zero-order chi connectivity index (χ0) is 13.8. The molecule has 1 atom stereocenters. The predicted octanol–water partition coefficient (Wildman–Crippen LogP) is 3.79. The van der Waals surface area contributed by atoms with Crippen LogP contribution in [0.1, 0.15) is 50.6 Å². The molecule has 1 unspecified atom stereocenters. The van der Waals surface area contributed by atoms with Crippen molar-refractivity contribution in [3.05, 3.63) is 22.8 Å². The molecule has 0 aromatic carbocycles. The van der Waals surface area contributed by atoms with Gasteiger partial charge in [0.15, 0.2) is 0 Å². The molecular formula is C15H24ClN3. The van der Waals surface area contributed by atoms with Crippen molar-refractivity contribution in [2.24, 2.45) is 11.8 Å². The van der Waals surface area contributed by atoms with Gasteiger partial charge in [-0.1, -0.05) is 37.8 Å². The molecule has 106 valence electrons. The predicted molar refractivity (Wildman–Crippen MR) is 81.2 cm³/mol. The third-order valence-electron chi connectivity index (χ3n) is 4.50. The van der Waals surface area contributed by atoms with E-state index in [0.717, 1.165) is 11.5 Å². The summed E-state index contributed by atoms with van der Waals surface area (Å²) in [7, 11) is 2.00. The van der Waals surface area contributed by atoms with Crippen molar-refractivity contribution >= 4 is 17.4 Å². The Morgan fingerprint density at radius 3 is 2.68 bits per heavy atom. The second-order valence-corrected chi connectivity index (χ2v) is 6.02. The average Bonchev–Trinajstić information content (AvgIpc) is 2.44. The summed E-state index contributed by atoms with van der Waals surface area (Å²) in [6.45, 7) is 2.29. The summed E-state index contributed by atoms with van der Waals surface area (Å²) in [6, 6.07) is 2.22. The summed E-state index contributed by atoms with van der Waals surface area (Å²) in [5.41, 5.74) is 7.07. The number of nitrogens with two attached hydrogens (primary N) is 1. The lowest BCUT2D eigenvalue weighted by Crippen LogP contribution is -2.29. The summed E-state index contributed by atoms with van der Waals surface area (Å²) in [6.07, 6.45) is 8.09. The summed E-state index contributed by atoms with van der Waals surface area (Å²) >= 11 is 6.06. The van der Waals surface area contributed by atoms with E-state index in [4.69, 9.17) is 17.3 Å². The van der Waals surface area contributed by atoms with Crippen LogP contribution in [-0.4, -0.2) is 12.0 Å². The molecule has 19 heavy (non-hydrogen) atoms. The van der Waals surface area contributed by atoms with Gasteiger partial charge in [0.2, 0.25) is 0 Å². The van der Waals surface area contributed by atoms with E-state index in [9.17, 15) is 0 Å². The first-order valence-electron chi connectivity index (χ1n) is 7.23. The fraction of sp³-hybridized carbons (Fsp3) is 0.667. The van der Waals surface area contributed by atoms with E-state index in [0.29, 0.717) is 16.8 Å². The first-order valence-corrected chi connectivity index (χ1v) is 7.61. The summed E-state index contributed by atoms with van der Waals surface area (Å²) in [4.78, 5) is 4.18. The largest absolute Gasteiger partial charge is 0.383 e. The Morgan fingerprint density at radius 1 is 1.42 bits per heavy atom. The van der Waals surface area contributed by atoms with Crippen LogP contribution in [0, 0.1) is 11.8 Å². The van der Waals surface area contributed by atoms with E-state index < -0.39 is 0 Å². The Bertz CT molecular complexity index is 414. The van der Waals surface area contributed by atoms with Crippen molar-refractivity contribution in [3.63, 3.8) is 0 Å². The zero-order valence-corrected chi connectivity index (χ0v) is 12.6. The van der Waals surface area contributed by atoms with Crippen LogP contribution in [0.15, 0.2) is 12.3 Å². The lowest BCUT2D eigenvalue weighted by molar-refractivity contribution is 0.224. The van der Waals surface area contributed by atoms with E-state index in [1.807, 2.05) is 13.1 Å². The lowest BCUT2D eigenvalue weighted by atomic mass is 9.76. The zero-order valence-electron chi connectivity index (χ0n) is 11.8. The van der Waals surface area contributed by atoms with Crippen LogP contribution < -0.4 is 11.1 Å². The normalized spacial score (nSPS) is 25.2. The number of halogens is 1. The van der Waals surface area contributed by atoms with Gasteiger partial charge in [-0.25, -0.2) is 4.98 Å². The van der Waals surface area contributed by atoms with Crippen LogP contribution in [0.2, 0.25) is 5.02 Å². The molecule has 1 aromatic rings. The molecular weight excluding hydrogens is 258 g/mol. The molecule has 0 aliphatic heterocycles. The van der Waals surface area contributed by atoms with Gasteiger partial charge in [0.05, 0.1) is 5.02 Å². The molecule has 0 saturated heterocycles. The fourth-order valence-electron chi connectivity index (χ4n) is 3.29. The molecule has 4 heteroatoms. The van der Waals surface area contributed by atoms with Crippen LogP contribution in [0.3, 0.4) is 0 Å². The third-order valence-corrected chi connectivity index (χ3v) is 4.71. The Hall–Kier alpha value is -0.800. The molecule has 1 heterocycles. The fourth-order valence-corrected chi connectivity index (χ4v) is 3.46. The van der Waals surface area contributed by atoms with E-state index in [1.165, 1.54) is 32.1 Å². The number of nitrogens with one attached hydrogen (secondary N) is 1. The summed E-state index contributed by atoms with van der Waals surface area (Å²) < 4.78 is 0. The average molecular weight is 282 g/mol. The minimum atomic E-state index is 0.268. The second kappa shape index (κ2) is 6.58. The molecule has 1 aromatic heterocycles. The highest BCUT2D eigenvalue weighted by molar-refractivity contribution is 6.30. The van der Waals surface area contributed by atoms with Gasteiger partial charge in [0.1, 0.15) is 5.82 Å². The summed E-state index contributed by atoms with van der Waals surface area (Å²) in [5, 5.41) is 4.07. The number of hydrogen-bond acceptors (Lipinski definition) is 3. The van der Waals surface area contributed by atoms with Crippen molar-refractivity contribution in [2.45, 2.75) is 45.1 Å². The molecule has 3 nitrogen and oxygen atoms in total. The van der Waals surface area contributed by atoms with Crippen molar-refractivity contribution in [1.29, 1.82) is 0 Å². The molecule has 1 aliphatic rings. The molecule has 1 aliphatic carbocycles. The standard InChI is InChI=1S/C15H24ClN3/c1-3-10-4-6-11(7-5-10)14(18-2)13-8-12(16)9-19-15(13)17/h8-11,14,18H,3-7H2,1-2H3,(H2,17,19). The van der Waals surface area contributed by atoms with Crippen molar-refractivity contribution in [3.8, 4) is 0 Å². The van der Waals surface area contributed by atoms with Gasteiger partial charge >= 0.3 is 0 Å². The van der Waals surface area contributed by atoms with E-state index in [2.05, 4.69) is 17.2 Å². The Kier molecular flexibility index (Phi) is 5.06. The first-order chi connectivity index (χ1) is 9.15. The number of hydrogen-bond donors (Lipinski definition) is 2. The van der Waals surface area contributed by atoms with Gasteiger partial charge < -0.3 is 11.1 Å². The van der Waals surface area contributed by atoms with Gasteiger partial charge in [-0.05, 0) is 37.8 Å². The highest BCUT2D eigenvalue weighted by atomic mass is 35.5. The smallest absolute Gasteiger partial charge is 0.128 e. The molecule has 0 radical (unpaired) electrons. The van der Waals surface area contributed by atoms with Gasteiger partial charge in [-0.2, -0.15) is 0 Å². The minimum Gasteiger partial charge on any atom is -0.383 e. The monoisotopic (exact) mass is 281 g/mol. The minimum absolute atomic E-state index is 0.268. The number of aromatic nitrogens is 1. The summed E-state index contributed by atoms with van der Waals surface area (Å²) in [5.74, 6) is 2.14. The molecule has 3 N–H and O–H groups in total. The maximum Gasteiger partial charge on any atom is 0.128 e. The topological polar surface area (TPSA) is 50.9 Å². The lowest BCUT2D eigenvalue weighted by Gasteiger charge is -2.34. The van der Waals surface area contributed by atoms with E-state index in [1.54, 1.807) is 6.20 Å². The molecule has 0 bridgehead atoms. The maximum absolute atomic E-state index is 6.06. The number of nitrogen functional groups attached to an aromatic ring is 1. The number of anilines is 1. The quantitative estimate of drug-likeness (QED) is 0.883. The molecule has 1 saturated carbocycles. The van der Waals surface area contributed by atoms with Gasteiger partial charge in [0.25, 0.3) is 0 Å². The van der Waals surface area contributed by atoms with E-state index >= 15 is 0 Å². The van der Waals surface area contributed by atoms with Crippen LogP contribution in [0.25, 0.3) is 0 Å². The number of nitrogens with zero attached hydrogens (tertiary/aromatic N) is 1. The highest BCUT2D eigenvalue weighted by Gasteiger charge is 2.28.